The number of benzene rings is 1. The molecule has 1 aromatic carbocycles. The number of ketones is 1. The number of hydrogen-bond acceptors (Lipinski definition) is 2. The Labute approximate surface area is 101 Å². The van der Waals surface area contributed by atoms with Crippen LogP contribution in [0.15, 0.2) is 36.7 Å². The van der Waals surface area contributed by atoms with E-state index in [-0.39, 0.29) is 5.78 Å². The minimum absolute atomic E-state index is 0.0346. The molecule has 3 nitrogen and oxygen atoms in total. The Morgan fingerprint density at radius 1 is 1.18 bits per heavy atom. The molecule has 0 fully saturated rings. The monoisotopic (exact) mass is 228 g/mol. The molecule has 0 amide bonds. The van der Waals surface area contributed by atoms with Gasteiger partial charge in [-0.2, -0.15) is 5.10 Å². The number of carbonyl (C=O) groups is 1. The van der Waals surface area contributed by atoms with Crippen LogP contribution in [0.3, 0.4) is 0 Å². The molecular weight excluding hydrogens is 212 g/mol. The molecule has 2 rings (SSSR count). The van der Waals surface area contributed by atoms with Crippen molar-refractivity contribution < 1.29 is 4.79 Å². The molecule has 0 radical (unpaired) electrons. The van der Waals surface area contributed by atoms with Gasteiger partial charge >= 0.3 is 0 Å². The first-order valence-corrected chi connectivity index (χ1v) is 5.90. The van der Waals surface area contributed by atoms with Crippen molar-refractivity contribution in [3.8, 4) is 0 Å². The Hall–Kier alpha value is -1.90. The first-order chi connectivity index (χ1) is 8.24. The van der Waals surface area contributed by atoms with Crippen molar-refractivity contribution in [3.05, 3.63) is 53.3 Å². The van der Waals surface area contributed by atoms with Gasteiger partial charge in [-0.05, 0) is 18.9 Å². The molecule has 0 atom stereocenters. The molecule has 0 saturated carbocycles. The van der Waals surface area contributed by atoms with Gasteiger partial charge in [-0.25, -0.2) is 0 Å². The first-order valence-electron chi connectivity index (χ1n) is 5.90. The highest BCUT2D eigenvalue weighted by Crippen LogP contribution is 2.11. The highest BCUT2D eigenvalue weighted by atomic mass is 16.1. The molecule has 0 bridgehead atoms. The van der Waals surface area contributed by atoms with E-state index in [2.05, 4.69) is 12.0 Å². The fourth-order valence-corrected chi connectivity index (χ4v) is 1.71. The van der Waals surface area contributed by atoms with Crippen molar-refractivity contribution in [2.24, 2.45) is 0 Å². The van der Waals surface area contributed by atoms with Crippen LogP contribution in [-0.4, -0.2) is 15.6 Å². The van der Waals surface area contributed by atoms with Crippen molar-refractivity contribution in [1.29, 1.82) is 0 Å². The molecule has 1 aromatic heterocycles. The third kappa shape index (κ3) is 2.44. The van der Waals surface area contributed by atoms with Crippen molar-refractivity contribution in [1.82, 2.24) is 9.78 Å². The summed E-state index contributed by atoms with van der Waals surface area (Å²) in [4.78, 5) is 12.1. The van der Waals surface area contributed by atoms with Crippen molar-refractivity contribution >= 4 is 5.78 Å². The van der Waals surface area contributed by atoms with Crippen molar-refractivity contribution in [2.45, 2.75) is 26.8 Å². The lowest BCUT2D eigenvalue weighted by atomic mass is 10.0. The molecule has 0 N–H and O–H groups in total. The van der Waals surface area contributed by atoms with E-state index in [9.17, 15) is 4.79 Å². The molecule has 1 heterocycles. The Morgan fingerprint density at radius 3 is 2.41 bits per heavy atom. The average molecular weight is 228 g/mol. The number of rotatable bonds is 4. The van der Waals surface area contributed by atoms with E-state index in [0.29, 0.717) is 5.56 Å². The van der Waals surface area contributed by atoms with Crippen LogP contribution in [0.1, 0.15) is 35.3 Å². The lowest BCUT2D eigenvalue weighted by Crippen LogP contribution is -2.00. The van der Waals surface area contributed by atoms with Gasteiger partial charge in [-0.15, -0.1) is 0 Å². The molecular formula is C14H16N2O. The standard InChI is InChI=1S/C14H16N2O/c1-3-11-5-7-12(8-6-11)14(17)13-9-15-16(4-2)10-13/h5-10H,3-4H2,1-2H3. The van der Waals surface area contributed by atoms with Crippen molar-refractivity contribution in [2.75, 3.05) is 0 Å². The fraction of sp³-hybridized carbons (Fsp3) is 0.286. The minimum Gasteiger partial charge on any atom is -0.288 e. The largest absolute Gasteiger partial charge is 0.288 e. The summed E-state index contributed by atoms with van der Waals surface area (Å²) < 4.78 is 1.76. The summed E-state index contributed by atoms with van der Waals surface area (Å²) >= 11 is 0. The zero-order valence-electron chi connectivity index (χ0n) is 10.2. The Morgan fingerprint density at radius 2 is 1.88 bits per heavy atom. The highest BCUT2D eigenvalue weighted by Gasteiger charge is 2.10. The quantitative estimate of drug-likeness (QED) is 0.754. The van der Waals surface area contributed by atoms with E-state index < -0.39 is 0 Å². The number of aromatic nitrogens is 2. The van der Waals surface area contributed by atoms with Gasteiger partial charge in [-0.1, -0.05) is 31.2 Å². The maximum atomic E-state index is 12.1. The van der Waals surface area contributed by atoms with Gasteiger partial charge in [0, 0.05) is 18.3 Å². The smallest absolute Gasteiger partial charge is 0.196 e. The third-order valence-electron chi connectivity index (χ3n) is 2.84. The summed E-state index contributed by atoms with van der Waals surface area (Å²) in [7, 11) is 0. The van der Waals surface area contributed by atoms with Crippen LogP contribution in [0, 0.1) is 0 Å². The molecule has 0 aliphatic heterocycles. The lowest BCUT2D eigenvalue weighted by Gasteiger charge is -2.00. The zero-order valence-corrected chi connectivity index (χ0v) is 10.2. The van der Waals surface area contributed by atoms with E-state index in [4.69, 9.17) is 0 Å². The predicted molar refractivity (Wildman–Crippen MR) is 67.2 cm³/mol. The topological polar surface area (TPSA) is 34.9 Å². The molecule has 0 aliphatic rings. The lowest BCUT2D eigenvalue weighted by molar-refractivity contribution is 0.103. The summed E-state index contributed by atoms with van der Waals surface area (Å²) in [6.07, 6.45) is 4.40. The van der Waals surface area contributed by atoms with E-state index in [1.165, 1.54) is 5.56 Å². The summed E-state index contributed by atoms with van der Waals surface area (Å²) in [5.74, 6) is 0.0346. The molecule has 17 heavy (non-hydrogen) atoms. The van der Waals surface area contributed by atoms with Crippen LogP contribution in [0.2, 0.25) is 0 Å². The van der Waals surface area contributed by atoms with Crippen LogP contribution >= 0.6 is 0 Å². The summed E-state index contributed by atoms with van der Waals surface area (Å²) in [5.41, 5.74) is 2.61. The number of carbonyl (C=O) groups excluding carboxylic acids is 1. The van der Waals surface area contributed by atoms with Crippen LogP contribution in [0.25, 0.3) is 0 Å². The molecule has 2 aromatic rings. The van der Waals surface area contributed by atoms with Crippen LogP contribution in [-0.2, 0) is 13.0 Å². The van der Waals surface area contributed by atoms with Gasteiger partial charge in [-0.3, -0.25) is 9.48 Å². The molecule has 0 saturated heterocycles. The third-order valence-corrected chi connectivity index (χ3v) is 2.84. The second kappa shape index (κ2) is 4.95. The molecule has 0 aliphatic carbocycles. The van der Waals surface area contributed by atoms with Gasteiger partial charge in [0.2, 0.25) is 0 Å². The summed E-state index contributed by atoms with van der Waals surface area (Å²) in [6.45, 7) is 4.88. The van der Waals surface area contributed by atoms with E-state index in [1.54, 1.807) is 17.1 Å². The van der Waals surface area contributed by atoms with Crippen molar-refractivity contribution in [3.63, 3.8) is 0 Å². The summed E-state index contributed by atoms with van der Waals surface area (Å²) in [5, 5.41) is 4.11. The second-order valence-corrected chi connectivity index (χ2v) is 3.96. The Balaban J connectivity index is 2.23. The van der Waals surface area contributed by atoms with Gasteiger partial charge in [0.15, 0.2) is 5.78 Å². The van der Waals surface area contributed by atoms with E-state index in [0.717, 1.165) is 18.5 Å². The average Bonchev–Trinajstić information content (AvgIpc) is 2.87. The van der Waals surface area contributed by atoms with Gasteiger partial charge < -0.3 is 0 Å². The summed E-state index contributed by atoms with van der Waals surface area (Å²) in [6, 6.07) is 7.75. The highest BCUT2D eigenvalue weighted by molar-refractivity contribution is 6.08. The normalized spacial score (nSPS) is 10.5. The number of nitrogens with zero attached hydrogens (tertiary/aromatic N) is 2. The van der Waals surface area contributed by atoms with Crippen LogP contribution in [0.5, 0.6) is 0 Å². The van der Waals surface area contributed by atoms with Gasteiger partial charge in [0.25, 0.3) is 0 Å². The predicted octanol–water partition coefficient (Wildman–Crippen LogP) is 2.70. The number of aryl methyl sites for hydroxylation is 2. The first kappa shape index (κ1) is 11.6. The van der Waals surface area contributed by atoms with Crippen LogP contribution < -0.4 is 0 Å². The van der Waals surface area contributed by atoms with Gasteiger partial charge in [0.05, 0.1) is 11.8 Å². The molecule has 88 valence electrons. The van der Waals surface area contributed by atoms with Gasteiger partial charge in [0.1, 0.15) is 0 Å². The van der Waals surface area contributed by atoms with E-state index in [1.807, 2.05) is 31.2 Å². The second-order valence-electron chi connectivity index (χ2n) is 3.96. The fourth-order valence-electron chi connectivity index (χ4n) is 1.71. The maximum Gasteiger partial charge on any atom is 0.196 e. The molecule has 0 unspecified atom stereocenters. The maximum absolute atomic E-state index is 12.1. The SMILES string of the molecule is CCc1ccc(C(=O)c2cnn(CC)c2)cc1. The Kier molecular flexibility index (Phi) is 3.38. The minimum atomic E-state index is 0.0346. The zero-order chi connectivity index (χ0) is 12.3. The molecule has 3 heteroatoms. The number of hydrogen-bond donors (Lipinski definition) is 0. The Bertz CT molecular complexity index is 511. The molecule has 0 spiro atoms. The van der Waals surface area contributed by atoms with Crippen LogP contribution in [0.4, 0.5) is 0 Å². The van der Waals surface area contributed by atoms with E-state index >= 15 is 0 Å².